The van der Waals surface area contributed by atoms with Crippen LogP contribution in [0.3, 0.4) is 0 Å². The number of nitrogens with zero attached hydrogens (tertiary/aromatic N) is 2. The number of hydrogen-bond donors (Lipinski definition) is 0. The van der Waals surface area contributed by atoms with E-state index in [-0.39, 0.29) is 31.0 Å². The SMILES string of the molecule is CCOC(=O)C1=C(C)N=c2s/c(=C\c3cc(Br)ccc3OCc3ccc(Cl)cc3Cl)c(=O)n2[C@H]1c1ccc(OCC(=O)OC)c(OCC)c1. The highest BCUT2D eigenvalue weighted by Crippen LogP contribution is 2.36. The topological polar surface area (TPSA) is 115 Å². The summed E-state index contributed by atoms with van der Waals surface area (Å²) >= 11 is 17.1. The van der Waals surface area contributed by atoms with Crippen LogP contribution in [0, 0.1) is 0 Å². The van der Waals surface area contributed by atoms with E-state index < -0.39 is 18.0 Å². The second-order valence-electron chi connectivity index (χ2n) is 10.5. The first kappa shape index (κ1) is 36.2. The number of aromatic nitrogens is 1. The molecule has 0 saturated heterocycles. The summed E-state index contributed by atoms with van der Waals surface area (Å²) in [7, 11) is 1.27. The second-order valence-corrected chi connectivity index (χ2v) is 13.3. The number of carbonyl (C=O) groups is 2. The zero-order valence-electron chi connectivity index (χ0n) is 26.9. The molecule has 2 heterocycles. The molecule has 256 valence electrons. The number of ether oxygens (including phenoxy) is 5. The van der Waals surface area contributed by atoms with Crippen LogP contribution in [-0.4, -0.2) is 43.4 Å². The van der Waals surface area contributed by atoms with Gasteiger partial charge in [-0.3, -0.25) is 9.36 Å². The maximum atomic E-state index is 14.3. The summed E-state index contributed by atoms with van der Waals surface area (Å²) in [5, 5.41) is 0.993. The minimum Gasteiger partial charge on any atom is -0.490 e. The molecule has 0 aliphatic carbocycles. The zero-order chi connectivity index (χ0) is 35.2. The van der Waals surface area contributed by atoms with Crippen molar-refractivity contribution >= 4 is 68.5 Å². The normalized spacial score (nSPS) is 14.2. The lowest BCUT2D eigenvalue weighted by molar-refractivity contribution is -0.143. The highest BCUT2D eigenvalue weighted by Gasteiger charge is 2.34. The van der Waals surface area contributed by atoms with E-state index in [0.717, 1.165) is 10.0 Å². The van der Waals surface area contributed by atoms with Crippen molar-refractivity contribution in [1.82, 2.24) is 4.57 Å². The van der Waals surface area contributed by atoms with Gasteiger partial charge in [0.2, 0.25) is 0 Å². The molecule has 4 aromatic rings. The summed E-state index contributed by atoms with van der Waals surface area (Å²) in [5.74, 6) is -0.0292. The fourth-order valence-corrected chi connectivity index (χ4v) is 6.96. The lowest BCUT2D eigenvalue weighted by Crippen LogP contribution is -2.40. The number of benzene rings is 3. The van der Waals surface area contributed by atoms with Gasteiger partial charge in [0.25, 0.3) is 5.56 Å². The highest BCUT2D eigenvalue weighted by atomic mass is 79.9. The molecule has 0 fully saturated rings. The molecule has 1 aromatic heterocycles. The molecule has 1 aliphatic rings. The van der Waals surface area contributed by atoms with Gasteiger partial charge in [-0.1, -0.05) is 62.6 Å². The minimum absolute atomic E-state index is 0.129. The van der Waals surface area contributed by atoms with E-state index in [4.69, 9.17) is 42.1 Å². The maximum Gasteiger partial charge on any atom is 0.343 e. The number of hydrogen-bond acceptors (Lipinski definition) is 10. The van der Waals surface area contributed by atoms with Crippen molar-refractivity contribution in [3.63, 3.8) is 0 Å². The zero-order valence-corrected chi connectivity index (χ0v) is 30.8. The number of thiazole rings is 1. The van der Waals surface area contributed by atoms with Crippen molar-refractivity contribution in [2.75, 3.05) is 26.9 Å². The van der Waals surface area contributed by atoms with E-state index in [9.17, 15) is 14.4 Å². The average Bonchev–Trinajstić information content (AvgIpc) is 3.37. The fourth-order valence-electron chi connectivity index (χ4n) is 5.08. The van der Waals surface area contributed by atoms with Gasteiger partial charge in [0, 0.05) is 25.6 Å². The summed E-state index contributed by atoms with van der Waals surface area (Å²) in [6.07, 6.45) is 1.73. The molecule has 0 N–H and O–H groups in total. The van der Waals surface area contributed by atoms with Crippen LogP contribution in [0.2, 0.25) is 10.0 Å². The van der Waals surface area contributed by atoms with Crippen LogP contribution in [0.5, 0.6) is 17.2 Å². The molecule has 0 spiro atoms. The van der Waals surface area contributed by atoms with Crippen molar-refractivity contribution in [3.8, 4) is 17.2 Å². The van der Waals surface area contributed by atoms with Crippen LogP contribution in [-0.2, 0) is 25.7 Å². The molecule has 0 bridgehead atoms. The molecule has 5 rings (SSSR count). The number of carbonyl (C=O) groups excluding carboxylic acids is 2. The average molecular weight is 791 g/mol. The molecule has 14 heteroatoms. The van der Waals surface area contributed by atoms with E-state index in [1.807, 2.05) is 12.1 Å². The van der Waals surface area contributed by atoms with Gasteiger partial charge in [0.15, 0.2) is 22.9 Å². The first-order valence-electron chi connectivity index (χ1n) is 15.1. The van der Waals surface area contributed by atoms with E-state index >= 15 is 0 Å². The van der Waals surface area contributed by atoms with Crippen LogP contribution < -0.4 is 29.1 Å². The fraction of sp³-hybridized carbons (Fsp3) is 0.257. The van der Waals surface area contributed by atoms with Crippen LogP contribution >= 0.6 is 50.5 Å². The standard InChI is InChI=1S/C35H31BrCl2N2O8S/c1-5-45-28-14-20(8-11-27(28)48-18-30(41)44-4)32-31(34(43)46-6-2)19(3)39-35-40(32)33(42)29(49-35)15-22-13-23(36)9-12-26(22)47-17-21-7-10-24(37)16-25(21)38/h7-16,32H,5-6,17-18H2,1-4H3/b29-15-/t32-/m0/s1. The van der Waals surface area contributed by atoms with Crippen molar-refractivity contribution in [1.29, 1.82) is 0 Å². The maximum absolute atomic E-state index is 14.3. The number of halogens is 3. The van der Waals surface area contributed by atoms with Gasteiger partial charge in [-0.05, 0) is 74.9 Å². The minimum atomic E-state index is -0.906. The third-order valence-electron chi connectivity index (χ3n) is 7.33. The molecule has 0 amide bonds. The molecule has 1 atom stereocenters. The van der Waals surface area contributed by atoms with Gasteiger partial charge < -0.3 is 23.7 Å². The third kappa shape index (κ3) is 8.21. The second kappa shape index (κ2) is 16.1. The van der Waals surface area contributed by atoms with Crippen LogP contribution in [0.4, 0.5) is 0 Å². The first-order valence-corrected chi connectivity index (χ1v) is 17.4. The summed E-state index contributed by atoms with van der Waals surface area (Å²) < 4.78 is 30.4. The van der Waals surface area contributed by atoms with Crippen LogP contribution in [0.1, 0.15) is 43.5 Å². The monoisotopic (exact) mass is 788 g/mol. The number of methoxy groups -OCH3 is 1. The Morgan fingerprint density at radius 2 is 1.76 bits per heavy atom. The van der Waals surface area contributed by atoms with E-state index in [2.05, 4.69) is 25.7 Å². The van der Waals surface area contributed by atoms with E-state index in [1.54, 1.807) is 69.3 Å². The van der Waals surface area contributed by atoms with Crippen molar-refractivity contribution in [2.24, 2.45) is 4.99 Å². The molecular weight excluding hydrogens is 759 g/mol. The number of esters is 2. The molecule has 3 aromatic carbocycles. The molecule has 1 aliphatic heterocycles. The Hall–Kier alpha value is -4.10. The van der Waals surface area contributed by atoms with Gasteiger partial charge in [-0.25, -0.2) is 14.6 Å². The van der Waals surface area contributed by atoms with Crippen molar-refractivity contribution in [3.05, 3.63) is 117 Å². The Balaban J connectivity index is 1.62. The summed E-state index contributed by atoms with van der Waals surface area (Å²) in [4.78, 5) is 44.5. The number of rotatable bonds is 12. The Labute approximate surface area is 304 Å². The van der Waals surface area contributed by atoms with Gasteiger partial charge in [-0.2, -0.15) is 0 Å². The quantitative estimate of drug-likeness (QED) is 0.152. The van der Waals surface area contributed by atoms with Crippen LogP contribution in [0.15, 0.2) is 80.1 Å². The highest BCUT2D eigenvalue weighted by molar-refractivity contribution is 9.10. The summed E-state index contributed by atoms with van der Waals surface area (Å²) in [5.41, 5.74) is 2.16. The van der Waals surface area contributed by atoms with Crippen molar-refractivity contribution in [2.45, 2.75) is 33.4 Å². The van der Waals surface area contributed by atoms with E-state index in [1.165, 1.54) is 23.0 Å². The van der Waals surface area contributed by atoms with Crippen molar-refractivity contribution < 1.29 is 33.3 Å². The Morgan fingerprint density at radius 1 is 0.980 bits per heavy atom. The largest absolute Gasteiger partial charge is 0.490 e. The lowest BCUT2D eigenvalue weighted by Gasteiger charge is -2.25. The number of allylic oxidation sites excluding steroid dienone is 1. The molecule has 0 radical (unpaired) electrons. The van der Waals surface area contributed by atoms with Crippen LogP contribution in [0.25, 0.3) is 6.08 Å². The van der Waals surface area contributed by atoms with Gasteiger partial charge in [0.1, 0.15) is 12.4 Å². The smallest absolute Gasteiger partial charge is 0.343 e. The molecule has 10 nitrogen and oxygen atoms in total. The van der Waals surface area contributed by atoms with Gasteiger partial charge in [0.05, 0.1) is 42.2 Å². The third-order valence-corrected chi connectivity index (χ3v) is 9.39. The molecule has 0 saturated carbocycles. The van der Waals surface area contributed by atoms with Gasteiger partial charge in [-0.15, -0.1) is 0 Å². The molecule has 49 heavy (non-hydrogen) atoms. The molecular formula is C35H31BrCl2N2O8S. The Morgan fingerprint density at radius 3 is 2.47 bits per heavy atom. The first-order chi connectivity index (χ1) is 23.5. The van der Waals surface area contributed by atoms with E-state index in [0.29, 0.717) is 60.1 Å². The Kier molecular flexibility index (Phi) is 11.9. The predicted octanol–water partition coefficient (Wildman–Crippen LogP) is 6.40. The number of fused-ring (bicyclic) bond motifs is 1. The summed E-state index contributed by atoms with van der Waals surface area (Å²) in [6.45, 7) is 5.48. The molecule has 0 unspecified atom stereocenters. The lowest BCUT2D eigenvalue weighted by atomic mass is 9.95. The van der Waals surface area contributed by atoms with Gasteiger partial charge >= 0.3 is 11.9 Å². The Bertz CT molecular complexity index is 2130. The summed E-state index contributed by atoms with van der Waals surface area (Å²) in [6, 6.07) is 14.7. The predicted molar refractivity (Wildman–Crippen MR) is 190 cm³/mol.